The molecule has 0 radical (unpaired) electrons. The third-order valence-electron chi connectivity index (χ3n) is 4.17. The molecule has 1 atom stereocenters. The van der Waals surface area contributed by atoms with E-state index in [1.54, 1.807) is 0 Å². The predicted molar refractivity (Wildman–Crippen MR) is 90.4 cm³/mol. The van der Waals surface area contributed by atoms with Crippen molar-refractivity contribution in [3.63, 3.8) is 0 Å². The van der Waals surface area contributed by atoms with Crippen LogP contribution in [0.2, 0.25) is 0 Å². The SMILES string of the molecule is CCCC(C)COc1ccc(N2CCCNCC2)c(C)c1. The average molecular weight is 290 g/mol. The third kappa shape index (κ3) is 4.92. The van der Waals surface area contributed by atoms with E-state index in [4.69, 9.17) is 4.74 Å². The molecule has 1 fully saturated rings. The Bertz CT molecular complexity index is 425. The summed E-state index contributed by atoms with van der Waals surface area (Å²) in [6, 6.07) is 6.53. The van der Waals surface area contributed by atoms with Gasteiger partial charge in [-0.25, -0.2) is 0 Å². The van der Waals surface area contributed by atoms with Gasteiger partial charge in [-0.3, -0.25) is 0 Å². The smallest absolute Gasteiger partial charge is 0.119 e. The number of hydrogen-bond donors (Lipinski definition) is 1. The maximum Gasteiger partial charge on any atom is 0.119 e. The van der Waals surface area contributed by atoms with Crippen LogP contribution in [-0.2, 0) is 0 Å². The van der Waals surface area contributed by atoms with E-state index in [0.29, 0.717) is 5.92 Å². The summed E-state index contributed by atoms with van der Waals surface area (Å²) in [7, 11) is 0. The number of benzene rings is 1. The van der Waals surface area contributed by atoms with Gasteiger partial charge in [-0.2, -0.15) is 0 Å². The number of rotatable bonds is 6. The summed E-state index contributed by atoms with van der Waals surface area (Å²) in [6.45, 7) is 11.9. The Balaban J connectivity index is 1.96. The molecule has 0 aliphatic carbocycles. The third-order valence-corrected chi connectivity index (χ3v) is 4.17. The molecule has 1 N–H and O–H groups in total. The molecule has 2 rings (SSSR count). The Kier molecular flexibility index (Phi) is 6.37. The fourth-order valence-corrected chi connectivity index (χ4v) is 2.97. The topological polar surface area (TPSA) is 24.5 Å². The molecule has 3 nitrogen and oxygen atoms in total. The van der Waals surface area contributed by atoms with Crippen LogP contribution in [0, 0.1) is 12.8 Å². The van der Waals surface area contributed by atoms with Crippen LogP contribution < -0.4 is 15.0 Å². The number of hydrogen-bond acceptors (Lipinski definition) is 3. The van der Waals surface area contributed by atoms with Crippen molar-refractivity contribution < 1.29 is 4.74 Å². The van der Waals surface area contributed by atoms with Gasteiger partial charge in [-0.1, -0.05) is 20.3 Å². The Morgan fingerprint density at radius 3 is 2.90 bits per heavy atom. The minimum atomic E-state index is 0.631. The van der Waals surface area contributed by atoms with Crippen molar-refractivity contribution in [3.05, 3.63) is 23.8 Å². The van der Waals surface area contributed by atoms with Gasteiger partial charge >= 0.3 is 0 Å². The molecule has 118 valence electrons. The number of nitrogens with one attached hydrogen (secondary N) is 1. The van der Waals surface area contributed by atoms with Crippen molar-refractivity contribution in [2.75, 3.05) is 37.7 Å². The Morgan fingerprint density at radius 2 is 2.14 bits per heavy atom. The van der Waals surface area contributed by atoms with Gasteiger partial charge in [0.05, 0.1) is 6.61 Å². The van der Waals surface area contributed by atoms with Crippen molar-refractivity contribution in [1.82, 2.24) is 5.32 Å². The van der Waals surface area contributed by atoms with E-state index in [1.165, 1.54) is 30.5 Å². The lowest BCUT2D eigenvalue weighted by Gasteiger charge is -2.24. The van der Waals surface area contributed by atoms with Crippen LogP contribution in [0.1, 0.15) is 38.7 Å². The molecule has 0 saturated carbocycles. The molecule has 1 aliphatic heterocycles. The van der Waals surface area contributed by atoms with Gasteiger partial charge in [0.2, 0.25) is 0 Å². The highest BCUT2D eigenvalue weighted by Gasteiger charge is 2.12. The minimum Gasteiger partial charge on any atom is -0.493 e. The molecular formula is C18H30N2O. The van der Waals surface area contributed by atoms with Crippen molar-refractivity contribution in [3.8, 4) is 5.75 Å². The van der Waals surface area contributed by atoms with Crippen molar-refractivity contribution in [1.29, 1.82) is 0 Å². The first-order chi connectivity index (χ1) is 10.2. The molecule has 1 saturated heterocycles. The van der Waals surface area contributed by atoms with Crippen molar-refractivity contribution >= 4 is 5.69 Å². The van der Waals surface area contributed by atoms with E-state index in [-0.39, 0.29) is 0 Å². The highest BCUT2D eigenvalue weighted by atomic mass is 16.5. The molecule has 3 heteroatoms. The largest absolute Gasteiger partial charge is 0.493 e. The van der Waals surface area contributed by atoms with Crippen LogP contribution in [0.3, 0.4) is 0 Å². The summed E-state index contributed by atoms with van der Waals surface area (Å²) in [5.41, 5.74) is 2.67. The maximum absolute atomic E-state index is 5.94. The first-order valence-electron chi connectivity index (χ1n) is 8.39. The molecule has 0 aromatic heterocycles. The number of ether oxygens (including phenoxy) is 1. The van der Waals surface area contributed by atoms with Gasteiger partial charge in [0.1, 0.15) is 5.75 Å². The fraction of sp³-hybridized carbons (Fsp3) is 0.667. The fourth-order valence-electron chi connectivity index (χ4n) is 2.97. The molecule has 0 spiro atoms. The minimum absolute atomic E-state index is 0.631. The van der Waals surface area contributed by atoms with Crippen molar-refractivity contribution in [2.45, 2.75) is 40.0 Å². The van der Waals surface area contributed by atoms with E-state index >= 15 is 0 Å². The first kappa shape index (κ1) is 16.2. The maximum atomic E-state index is 5.94. The Hall–Kier alpha value is -1.22. The summed E-state index contributed by atoms with van der Waals surface area (Å²) in [5, 5.41) is 3.46. The summed E-state index contributed by atoms with van der Waals surface area (Å²) < 4.78 is 5.94. The van der Waals surface area contributed by atoms with Crippen LogP contribution in [0.15, 0.2) is 18.2 Å². The number of aryl methyl sites for hydroxylation is 1. The predicted octanol–water partition coefficient (Wildman–Crippen LogP) is 3.61. The molecule has 1 aromatic carbocycles. The molecular weight excluding hydrogens is 260 g/mol. The van der Waals surface area contributed by atoms with Crippen LogP contribution >= 0.6 is 0 Å². The van der Waals surface area contributed by atoms with Crippen LogP contribution in [0.4, 0.5) is 5.69 Å². The second-order valence-corrected chi connectivity index (χ2v) is 6.24. The van der Waals surface area contributed by atoms with Crippen LogP contribution in [0.25, 0.3) is 0 Å². The van der Waals surface area contributed by atoms with E-state index in [1.807, 2.05) is 0 Å². The van der Waals surface area contributed by atoms with Gasteiger partial charge in [0, 0.05) is 25.3 Å². The zero-order valence-electron chi connectivity index (χ0n) is 13.8. The molecule has 0 amide bonds. The summed E-state index contributed by atoms with van der Waals surface area (Å²) in [6.07, 6.45) is 3.68. The van der Waals surface area contributed by atoms with E-state index < -0.39 is 0 Å². The second-order valence-electron chi connectivity index (χ2n) is 6.24. The summed E-state index contributed by atoms with van der Waals surface area (Å²) in [4.78, 5) is 2.48. The number of anilines is 1. The first-order valence-corrected chi connectivity index (χ1v) is 8.39. The zero-order valence-corrected chi connectivity index (χ0v) is 13.8. The van der Waals surface area contributed by atoms with Crippen LogP contribution in [0.5, 0.6) is 5.75 Å². The van der Waals surface area contributed by atoms with Crippen LogP contribution in [-0.4, -0.2) is 32.8 Å². The van der Waals surface area contributed by atoms with Gasteiger partial charge < -0.3 is 15.0 Å². The zero-order chi connectivity index (χ0) is 15.1. The molecule has 21 heavy (non-hydrogen) atoms. The average Bonchev–Trinajstić information content (AvgIpc) is 2.74. The van der Waals surface area contributed by atoms with Gasteiger partial charge in [0.15, 0.2) is 0 Å². The van der Waals surface area contributed by atoms with E-state index in [0.717, 1.165) is 38.5 Å². The molecule has 1 unspecified atom stereocenters. The molecule has 0 bridgehead atoms. The van der Waals surface area contributed by atoms with E-state index in [9.17, 15) is 0 Å². The van der Waals surface area contributed by atoms with E-state index in [2.05, 4.69) is 49.2 Å². The van der Waals surface area contributed by atoms with Gasteiger partial charge in [0.25, 0.3) is 0 Å². The molecule has 1 heterocycles. The lowest BCUT2D eigenvalue weighted by Crippen LogP contribution is -2.28. The van der Waals surface area contributed by atoms with Crippen molar-refractivity contribution in [2.24, 2.45) is 5.92 Å². The Morgan fingerprint density at radius 1 is 1.29 bits per heavy atom. The van der Waals surface area contributed by atoms with Gasteiger partial charge in [-0.15, -0.1) is 0 Å². The molecule has 1 aliphatic rings. The highest BCUT2D eigenvalue weighted by Crippen LogP contribution is 2.25. The standard InChI is InChI=1S/C18H30N2O/c1-4-6-15(2)14-21-17-7-8-18(16(3)13-17)20-11-5-9-19-10-12-20/h7-8,13,15,19H,4-6,9-12,14H2,1-3H3. The second kappa shape index (κ2) is 8.28. The quantitative estimate of drug-likeness (QED) is 0.866. The molecule has 1 aromatic rings. The lowest BCUT2D eigenvalue weighted by atomic mass is 10.1. The summed E-state index contributed by atoms with van der Waals surface area (Å²) in [5.74, 6) is 1.64. The number of nitrogens with zero attached hydrogens (tertiary/aromatic N) is 1. The monoisotopic (exact) mass is 290 g/mol. The van der Waals surface area contributed by atoms with Gasteiger partial charge in [-0.05, 0) is 56.0 Å². The normalized spacial score (nSPS) is 17.4. The Labute approximate surface area is 129 Å². The highest BCUT2D eigenvalue weighted by molar-refractivity contribution is 5.56. The lowest BCUT2D eigenvalue weighted by molar-refractivity contribution is 0.251. The summed E-state index contributed by atoms with van der Waals surface area (Å²) >= 11 is 0.